The Labute approximate surface area is 78.5 Å². The van der Waals surface area contributed by atoms with Gasteiger partial charge in [-0.25, -0.2) is 9.18 Å². The molecule has 0 amide bonds. The maximum Gasteiger partial charge on any atom is 0.707 e. The Morgan fingerprint density at radius 2 is 2.00 bits per heavy atom. The first-order valence-electron chi connectivity index (χ1n) is 3.55. The monoisotopic (exact) mass is 200 g/mol. The summed E-state index contributed by atoms with van der Waals surface area (Å²) < 4.78 is 17.0. The van der Waals surface area contributed by atoms with Crippen molar-refractivity contribution in [2.24, 2.45) is 0 Å². The van der Waals surface area contributed by atoms with Crippen molar-refractivity contribution in [1.82, 2.24) is 0 Å². The number of rotatable bonds is 3. The highest BCUT2D eigenvalue weighted by Crippen LogP contribution is 2.16. The smallest absolute Gasteiger partial charge is 0.512 e. The third kappa shape index (κ3) is 2.72. The van der Waals surface area contributed by atoms with E-state index in [2.05, 4.69) is 4.65 Å². The lowest BCUT2D eigenvalue weighted by Crippen LogP contribution is -2.20. The van der Waals surface area contributed by atoms with Gasteiger partial charge in [-0.3, -0.25) is 0 Å². The van der Waals surface area contributed by atoms with E-state index in [0.29, 0.717) is 0 Å². The van der Waals surface area contributed by atoms with Crippen molar-refractivity contribution in [1.29, 1.82) is 0 Å². The third-order valence-corrected chi connectivity index (χ3v) is 1.36. The zero-order valence-electron chi connectivity index (χ0n) is 6.85. The fourth-order valence-corrected chi connectivity index (χ4v) is 0.876. The van der Waals surface area contributed by atoms with Crippen molar-refractivity contribution in [2.75, 3.05) is 0 Å². The molecule has 3 N–H and O–H groups in total. The lowest BCUT2D eigenvalue weighted by molar-refractivity contribution is 0.0695. The second-order valence-electron chi connectivity index (χ2n) is 2.42. The van der Waals surface area contributed by atoms with Crippen LogP contribution in [-0.4, -0.2) is 28.4 Å². The molecule has 0 aliphatic carbocycles. The Balaban J connectivity index is 3.01. The molecule has 0 saturated heterocycles. The van der Waals surface area contributed by atoms with Crippen LogP contribution in [0.1, 0.15) is 10.4 Å². The molecule has 0 radical (unpaired) electrons. The summed E-state index contributed by atoms with van der Waals surface area (Å²) >= 11 is 0. The van der Waals surface area contributed by atoms with Crippen molar-refractivity contribution in [3.63, 3.8) is 0 Å². The molecule has 0 fully saturated rings. The van der Waals surface area contributed by atoms with Crippen LogP contribution in [0.2, 0.25) is 0 Å². The van der Waals surface area contributed by atoms with Gasteiger partial charge in [-0.15, -0.1) is 0 Å². The number of carboxylic acids is 1. The van der Waals surface area contributed by atoms with Gasteiger partial charge in [0.15, 0.2) is 0 Å². The second-order valence-corrected chi connectivity index (χ2v) is 2.42. The summed E-state index contributed by atoms with van der Waals surface area (Å²) in [5.74, 6) is -2.43. The van der Waals surface area contributed by atoms with E-state index in [0.717, 1.165) is 18.2 Å². The first kappa shape index (κ1) is 10.5. The summed E-state index contributed by atoms with van der Waals surface area (Å²) in [6.45, 7) is 0. The summed E-state index contributed by atoms with van der Waals surface area (Å²) in [5, 5.41) is 25.3. The normalized spacial score (nSPS) is 9.64. The Morgan fingerprint density at radius 1 is 1.36 bits per heavy atom. The van der Waals surface area contributed by atoms with Crippen LogP contribution < -0.4 is 4.65 Å². The molecule has 0 heterocycles. The first-order valence-corrected chi connectivity index (χ1v) is 3.55. The largest absolute Gasteiger partial charge is 0.707 e. The van der Waals surface area contributed by atoms with Crippen molar-refractivity contribution in [3.05, 3.63) is 29.6 Å². The Kier molecular flexibility index (Phi) is 3.05. The zero-order chi connectivity index (χ0) is 10.7. The van der Waals surface area contributed by atoms with E-state index in [1.807, 2.05) is 0 Å². The van der Waals surface area contributed by atoms with Gasteiger partial charge in [0.05, 0.1) is 5.56 Å². The molecule has 0 aliphatic heterocycles. The van der Waals surface area contributed by atoms with Crippen LogP contribution in [-0.2, 0) is 0 Å². The highest BCUT2D eigenvalue weighted by Gasteiger charge is 2.14. The van der Waals surface area contributed by atoms with E-state index >= 15 is 0 Å². The highest BCUT2D eigenvalue weighted by atomic mass is 19.1. The van der Waals surface area contributed by atoms with Gasteiger partial charge >= 0.3 is 13.3 Å². The molecular weight excluding hydrogens is 194 g/mol. The highest BCUT2D eigenvalue weighted by molar-refractivity contribution is 6.33. The summed E-state index contributed by atoms with van der Waals surface area (Å²) in [5.41, 5.74) is -0.333. The summed E-state index contributed by atoms with van der Waals surface area (Å²) in [6.07, 6.45) is 0. The average Bonchev–Trinajstić information content (AvgIpc) is 2.01. The van der Waals surface area contributed by atoms with Crippen LogP contribution in [0.5, 0.6) is 5.75 Å². The summed E-state index contributed by atoms with van der Waals surface area (Å²) in [4.78, 5) is 10.4. The van der Waals surface area contributed by atoms with Gasteiger partial charge in [-0.1, -0.05) is 0 Å². The number of carboxylic acid groups (broad SMARTS) is 1. The number of hydrogen-bond acceptors (Lipinski definition) is 4. The Hall–Kier alpha value is -1.60. The summed E-state index contributed by atoms with van der Waals surface area (Å²) in [6, 6.07) is 2.61. The van der Waals surface area contributed by atoms with Gasteiger partial charge in [0.2, 0.25) is 0 Å². The van der Waals surface area contributed by atoms with E-state index in [1.54, 1.807) is 0 Å². The molecule has 5 nitrogen and oxygen atoms in total. The average molecular weight is 200 g/mol. The number of aromatic carboxylic acids is 1. The van der Waals surface area contributed by atoms with Gasteiger partial charge in [-0.05, 0) is 12.1 Å². The predicted molar refractivity (Wildman–Crippen MR) is 44.2 cm³/mol. The quantitative estimate of drug-likeness (QED) is 0.591. The minimum Gasteiger partial charge on any atom is -0.512 e. The van der Waals surface area contributed by atoms with Crippen molar-refractivity contribution in [3.8, 4) is 5.75 Å². The lowest BCUT2D eigenvalue weighted by atomic mass is 10.2. The lowest BCUT2D eigenvalue weighted by Gasteiger charge is -2.05. The third-order valence-electron chi connectivity index (χ3n) is 1.36. The van der Waals surface area contributed by atoms with E-state index in [4.69, 9.17) is 15.2 Å². The molecule has 0 spiro atoms. The molecule has 0 bridgehead atoms. The number of hydrogen-bond donors (Lipinski definition) is 3. The topological polar surface area (TPSA) is 87.0 Å². The molecule has 14 heavy (non-hydrogen) atoms. The molecular formula is C7H6BFO5. The fraction of sp³-hybridized carbons (Fsp3) is 0. The predicted octanol–water partition coefficient (Wildman–Crippen LogP) is -0.128. The van der Waals surface area contributed by atoms with Gasteiger partial charge in [0.1, 0.15) is 11.6 Å². The van der Waals surface area contributed by atoms with E-state index in [9.17, 15) is 9.18 Å². The number of carbonyl (C=O) groups is 1. The minimum atomic E-state index is -2.11. The van der Waals surface area contributed by atoms with Crippen molar-refractivity contribution >= 4 is 13.3 Å². The molecule has 0 atom stereocenters. The Morgan fingerprint density at radius 3 is 2.50 bits per heavy atom. The van der Waals surface area contributed by atoms with Crippen LogP contribution in [0.15, 0.2) is 18.2 Å². The standard InChI is InChI=1S/C7H6BFO5/c9-5-1-4(7(10)11)2-6(3-5)14-8(12)13/h1-3,12-13H,(H,10,11). The second kappa shape index (κ2) is 4.08. The van der Waals surface area contributed by atoms with Gasteiger partial charge in [-0.2, -0.15) is 0 Å². The SMILES string of the molecule is O=C(O)c1cc(F)cc(OB(O)O)c1. The maximum atomic E-state index is 12.7. The van der Waals surface area contributed by atoms with Gasteiger partial charge < -0.3 is 19.8 Å². The Bertz CT molecular complexity index is 354. The van der Waals surface area contributed by atoms with Gasteiger partial charge in [0.25, 0.3) is 0 Å². The zero-order valence-corrected chi connectivity index (χ0v) is 6.85. The maximum absolute atomic E-state index is 12.7. The van der Waals surface area contributed by atoms with Gasteiger partial charge in [0, 0.05) is 6.07 Å². The van der Waals surface area contributed by atoms with E-state index in [-0.39, 0.29) is 11.3 Å². The molecule has 1 aromatic carbocycles. The molecule has 0 saturated carbocycles. The van der Waals surface area contributed by atoms with Crippen LogP contribution in [0, 0.1) is 5.82 Å². The molecule has 0 unspecified atom stereocenters. The molecule has 74 valence electrons. The van der Waals surface area contributed by atoms with E-state index in [1.165, 1.54) is 0 Å². The van der Waals surface area contributed by atoms with Crippen LogP contribution >= 0.6 is 0 Å². The summed E-state index contributed by atoms with van der Waals surface area (Å²) in [7, 11) is -2.11. The van der Waals surface area contributed by atoms with E-state index < -0.39 is 19.1 Å². The fourth-order valence-electron chi connectivity index (χ4n) is 0.876. The first-order chi connectivity index (χ1) is 6.49. The molecule has 1 aromatic rings. The molecule has 7 heteroatoms. The number of benzene rings is 1. The minimum absolute atomic E-state index is 0.266. The number of halogens is 1. The molecule has 0 aliphatic rings. The van der Waals surface area contributed by atoms with Crippen molar-refractivity contribution < 1.29 is 29.0 Å². The van der Waals surface area contributed by atoms with Crippen LogP contribution in [0.3, 0.4) is 0 Å². The molecule has 0 aromatic heterocycles. The molecule has 1 rings (SSSR count). The van der Waals surface area contributed by atoms with Crippen LogP contribution in [0.4, 0.5) is 4.39 Å². The van der Waals surface area contributed by atoms with Crippen molar-refractivity contribution in [2.45, 2.75) is 0 Å². The van der Waals surface area contributed by atoms with Crippen LogP contribution in [0.25, 0.3) is 0 Å².